The van der Waals surface area contributed by atoms with E-state index in [2.05, 4.69) is 10.7 Å². The van der Waals surface area contributed by atoms with Crippen molar-refractivity contribution in [1.29, 1.82) is 0 Å². The molecule has 0 fully saturated rings. The Kier molecular flexibility index (Phi) is 6.13. The Balaban J connectivity index is 1.99. The minimum Gasteiger partial charge on any atom is -0.326 e. The van der Waals surface area contributed by atoms with E-state index in [4.69, 9.17) is 11.6 Å². The van der Waals surface area contributed by atoms with E-state index in [9.17, 15) is 18.0 Å². The second-order valence-corrected chi connectivity index (χ2v) is 7.11. The molecular weight excluding hydrogens is 366 g/mol. The van der Waals surface area contributed by atoms with Crippen LogP contribution in [0.2, 0.25) is 5.02 Å². The zero-order valence-corrected chi connectivity index (χ0v) is 14.8. The molecule has 0 aliphatic carbocycles. The van der Waals surface area contributed by atoms with Gasteiger partial charge in [-0.15, -0.1) is 4.83 Å². The van der Waals surface area contributed by atoms with Crippen molar-refractivity contribution in [1.82, 2.24) is 10.3 Å². The van der Waals surface area contributed by atoms with E-state index >= 15 is 0 Å². The summed E-state index contributed by atoms with van der Waals surface area (Å²) in [5.74, 6) is -0.779. The number of benzene rings is 2. The number of hydrogen-bond donors (Lipinski definition) is 3. The number of nitrogens with one attached hydrogen (secondary N) is 3. The molecule has 0 atom stereocenters. The van der Waals surface area contributed by atoms with Gasteiger partial charge in [-0.3, -0.25) is 15.0 Å². The number of anilines is 1. The molecule has 0 aromatic heterocycles. The Morgan fingerprint density at radius 2 is 1.60 bits per heavy atom. The van der Waals surface area contributed by atoms with Gasteiger partial charge < -0.3 is 5.32 Å². The standard InChI is InChI=1S/C16H16ClN3O4S/c1-2-15(21)18-13-7-3-11(4-8-13)16(22)19-20-25(23,24)14-9-5-12(17)6-10-14/h3-10,20H,2H2,1H3,(H,18,21)(H,19,22). The van der Waals surface area contributed by atoms with Crippen LogP contribution in [-0.2, 0) is 14.8 Å². The van der Waals surface area contributed by atoms with Gasteiger partial charge in [0.05, 0.1) is 4.90 Å². The number of rotatable bonds is 6. The highest BCUT2D eigenvalue weighted by atomic mass is 35.5. The number of amides is 2. The quantitative estimate of drug-likeness (QED) is 0.668. The number of sulfonamides is 1. The van der Waals surface area contributed by atoms with E-state index in [1.807, 2.05) is 4.83 Å². The predicted octanol–water partition coefficient (Wildman–Crippen LogP) is 2.31. The molecule has 0 heterocycles. The third-order valence-electron chi connectivity index (χ3n) is 3.17. The van der Waals surface area contributed by atoms with Crippen LogP contribution in [0.15, 0.2) is 53.4 Å². The monoisotopic (exact) mass is 381 g/mol. The summed E-state index contributed by atoms with van der Waals surface area (Å²) >= 11 is 5.71. The molecule has 132 valence electrons. The lowest BCUT2D eigenvalue weighted by Crippen LogP contribution is -2.41. The van der Waals surface area contributed by atoms with Crippen molar-refractivity contribution in [2.75, 3.05) is 5.32 Å². The summed E-state index contributed by atoms with van der Waals surface area (Å²) in [7, 11) is -3.91. The molecule has 0 aliphatic heterocycles. The van der Waals surface area contributed by atoms with Crippen molar-refractivity contribution in [2.24, 2.45) is 0 Å². The molecule has 0 unspecified atom stereocenters. The molecule has 2 amide bonds. The van der Waals surface area contributed by atoms with E-state index in [0.717, 1.165) is 0 Å². The Hall–Kier alpha value is -2.42. The maximum Gasteiger partial charge on any atom is 0.266 e. The van der Waals surface area contributed by atoms with Gasteiger partial charge >= 0.3 is 0 Å². The first-order valence-electron chi connectivity index (χ1n) is 7.29. The van der Waals surface area contributed by atoms with Crippen LogP contribution in [0.3, 0.4) is 0 Å². The van der Waals surface area contributed by atoms with Gasteiger partial charge in [0.15, 0.2) is 0 Å². The normalized spacial score (nSPS) is 11.0. The van der Waals surface area contributed by atoms with Crippen molar-refractivity contribution in [3.05, 3.63) is 59.1 Å². The first-order chi connectivity index (χ1) is 11.8. The number of carbonyl (C=O) groups is 2. The summed E-state index contributed by atoms with van der Waals surface area (Å²) in [6.45, 7) is 1.73. The van der Waals surface area contributed by atoms with E-state index < -0.39 is 15.9 Å². The molecule has 25 heavy (non-hydrogen) atoms. The number of halogens is 1. The molecular formula is C16H16ClN3O4S. The van der Waals surface area contributed by atoms with Crippen LogP contribution in [0, 0.1) is 0 Å². The molecule has 2 aromatic carbocycles. The summed E-state index contributed by atoms with van der Waals surface area (Å²) in [5.41, 5.74) is 2.90. The average Bonchev–Trinajstić information content (AvgIpc) is 2.60. The number of carbonyl (C=O) groups excluding carboxylic acids is 2. The van der Waals surface area contributed by atoms with Gasteiger partial charge in [0.1, 0.15) is 0 Å². The van der Waals surface area contributed by atoms with Crippen LogP contribution in [0.1, 0.15) is 23.7 Å². The lowest BCUT2D eigenvalue weighted by atomic mass is 10.2. The van der Waals surface area contributed by atoms with Crippen LogP contribution in [0.4, 0.5) is 5.69 Å². The molecule has 7 nitrogen and oxygen atoms in total. The van der Waals surface area contributed by atoms with Gasteiger partial charge in [0.25, 0.3) is 15.9 Å². The van der Waals surface area contributed by atoms with Gasteiger partial charge in [-0.1, -0.05) is 18.5 Å². The molecule has 2 aromatic rings. The van der Waals surface area contributed by atoms with E-state index in [-0.39, 0.29) is 16.4 Å². The lowest BCUT2D eigenvalue weighted by Gasteiger charge is -2.09. The van der Waals surface area contributed by atoms with E-state index in [1.54, 1.807) is 19.1 Å². The van der Waals surface area contributed by atoms with E-state index in [1.165, 1.54) is 36.4 Å². The molecule has 0 bridgehead atoms. The van der Waals surface area contributed by atoms with Crippen molar-refractivity contribution in [3.8, 4) is 0 Å². The summed E-state index contributed by atoms with van der Waals surface area (Å²) in [4.78, 5) is 25.3. The predicted molar refractivity (Wildman–Crippen MR) is 94.6 cm³/mol. The topological polar surface area (TPSA) is 104 Å². The summed E-state index contributed by atoms with van der Waals surface area (Å²) in [6, 6.07) is 11.5. The fourth-order valence-corrected chi connectivity index (χ4v) is 2.78. The van der Waals surface area contributed by atoms with Crippen molar-refractivity contribution in [3.63, 3.8) is 0 Å². The van der Waals surface area contributed by atoms with Crippen LogP contribution in [-0.4, -0.2) is 20.2 Å². The summed E-state index contributed by atoms with van der Waals surface area (Å²) in [6.07, 6.45) is 0.342. The molecule has 0 saturated heterocycles. The summed E-state index contributed by atoms with van der Waals surface area (Å²) in [5, 5.41) is 3.05. The minimum atomic E-state index is -3.91. The fraction of sp³-hybridized carbons (Fsp3) is 0.125. The Bertz CT molecular complexity index is 865. The minimum absolute atomic E-state index is 0.0326. The van der Waals surface area contributed by atoms with Gasteiger partial charge in [0.2, 0.25) is 5.91 Å². The lowest BCUT2D eigenvalue weighted by molar-refractivity contribution is -0.115. The molecule has 9 heteroatoms. The smallest absolute Gasteiger partial charge is 0.266 e. The first kappa shape index (κ1) is 18.9. The molecule has 0 aliphatic rings. The Labute approximate surface area is 150 Å². The number of hydrogen-bond acceptors (Lipinski definition) is 4. The highest BCUT2D eigenvalue weighted by Crippen LogP contribution is 2.14. The summed E-state index contributed by atoms with van der Waals surface area (Å²) < 4.78 is 24.1. The zero-order valence-electron chi connectivity index (χ0n) is 13.2. The average molecular weight is 382 g/mol. The number of hydrazine groups is 1. The molecule has 0 saturated carbocycles. The fourth-order valence-electron chi connectivity index (χ4n) is 1.81. The second kappa shape index (κ2) is 8.11. The molecule has 2 rings (SSSR count). The SMILES string of the molecule is CCC(=O)Nc1ccc(C(=O)NNS(=O)(=O)c2ccc(Cl)cc2)cc1. The van der Waals surface area contributed by atoms with Crippen molar-refractivity contribution >= 4 is 39.1 Å². The molecule has 0 radical (unpaired) electrons. The van der Waals surface area contributed by atoms with Gasteiger partial charge in [-0.25, -0.2) is 8.42 Å². The largest absolute Gasteiger partial charge is 0.326 e. The van der Waals surface area contributed by atoms with Crippen molar-refractivity contribution in [2.45, 2.75) is 18.2 Å². The van der Waals surface area contributed by atoms with Crippen LogP contribution in [0.5, 0.6) is 0 Å². The van der Waals surface area contributed by atoms with Crippen LogP contribution in [0.25, 0.3) is 0 Å². The highest BCUT2D eigenvalue weighted by Gasteiger charge is 2.15. The zero-order chi connectivity index (χ0) is 18.4. The van der Waals surface area contributed by atoms with Gasteiger partial charge in [-0.2, -0.15) is 0 Å². The van der Waals surface area contributed by atoms with Crippen LogP contribution < -0.4 is 15.6 Å². The van der Waals surface area contributed by atoms with E-state index in [0.29, 0.717) is 17.1 Å². The van der Waals surface area contributed by atoms with Gasteiger partial charge in [0, 0.05) is 22.7 Å². The third kappa shape index (κ3) is 5.28. The third-order valence-corrected chi connectivity index (χ3v) is 4.69. The van der Waals surface area contributed by atoms with Crippen molar-refractivity contribution < 1.29 is 18.0 Å². The van der Waals surface area contributed by atoms with Crippen LogP contribution >= 0.6 is 11.6 Å². The second-order valence-electron chi connectivity index (χ2n) is 4.99. The first-order valence-corrected chi connectivity index (χ1v) is 9.15. The molecule has 0 spiro atoms. The maximum atomic E-state index is 12.1. The Morgan fingerprint density at radius 1 is 1.00 bits per heavy atom. The molecule has 3 N–H and O–H groups in total. The maximum absolute atomic E-state index is 12.1. The highest BCUT2D eigenvalue weighted by molar-refractivity contribution is 7.89. The Morgan fingerprint density at radius 3 is 2.16 bits per heavy atom. The van der Waals surface area contributed by atoms with Gasteiger partial charge in [-0.05, 0) is 48.5 Å².